The summed E-state index contributed by atoms with van der Waals surface area (Å²) in [6, 6.07) is 2.40. The van der Waals surface area contributed by atoms with Crippen molar-refractivity contribution in [3.63, 3.8) is 0 Å². The monoisotopic (exact) mass is 213 g/mol. The molecule has 0 saturated heterocycles. The molecule has 6 heteroatoms. The summed E-state index contributed by atoms with van der Waals surface area (Å²) in [6.45, 7) is -0.525. The van der Waals surface area contributed by atoms with E-state index in [4.69, 9.17) is 25.8 Å². The lowest BCUT2D eigenvalue weighted by atomic mass is 10.3. The van der Waals surface area contributed by atoms with Gasteiger partial charge in [0.15, 0.2) is 11.5 Å². The Hall–Kier alpha value is -1.79. The number of rotatable bonds is 3. The van der Waals surface area contributed by atoms with Gasteiger partial charge < -0.3 is 25.8 Å². The molecule has 0 aliphatic carbocycles. The molecule has 1 atom stereocenters. The van der Waals surface area contributed by atoms with Crippen LogP contribution in [0, 0.1) is 0 Å². The SMILES string of the molecule is N[C@@H](CO)C(=O)Oc1ccc(O)c(O)c1. The van der Waals surface area contributed by atoms with Gasteiger partial charge in [-0.2, -0.15) is 0 Å². The molecular formula is C9H11NO5. The Morgan fingerprint density at radius 1 is 1.40 bits per heavy atom. The van der Waals surface area contributed by atoms with Crippen molar-refractivity contribution in [2.75, 3.05) is 6.61 Å². The fraction of sp³-hybridized carbons (Fsp3) is 0.222. The molecule has 0 spiro atoms. The van der Waals surface area contributed by atoms with Gasteiger partial charge in [0.1, 0.15) is 11.8 Å². The average Bonchev–Trinajstić information content (AvgIpc) is 2.22. The zero-order valence-electron chi connectivity index (χ0n) is 7.75. The third kappa shape index (κ3) is 2.83. The number of hydrogen-bond donors (Lipinski definition) is 4. The van der Waals surface area contributed by atoms with Gasteiger partial charge in [-0.25, -0.2) is 4.79 Å². The highest BCUT2D eigenvalue weighted by Gasteiger charge is 2.15. The van der Waals surface area contributed by atoms with E-state index in [2.05, 4.69) is 0 Å². The van der Waals surface area contributed by atoms with Crippen LogP contribution < -0.4 is 10.5 Å². The highest BCUT2D eigenvalue weighted by atomic mass is 16.5. The van der Waals surface area contributed by atoms with E-state index < -0.39 is 24.4 Å². The predicted molar refractivity (Wildman–Crippen MR) is 50.5 cm³/mol. The van der Waals surface area contributed by atoms with Gasteiger partial charge in [0.05, 0.1) is 6.61 Å². The number of nitrogens with two attached hydrogens (primary N) is 1. The van der Waals surface area contributed by atoms with Crippen LogP contribution in [0.2, 0.25) is 0 Å². The molecule has 0 heterocycles. The quantitative estimate of drug-likeness (QED) is 0.300. The highest BCUT2D eigenvalue weighted by molar-refractivity contribution is 5.78. The van der Waals surface area contributed by atoms with E-state index in [1.165, 1.54) is 12.1 Å². The summed E-state index contributed by atoms with van der Waals surface area (Å²) in [7, 11) is 0. The first kappa shape index (κ1) is 11.3. The molecule has 1 aromatic rings. The standard InChI is InChI=1S/C9H11NO5/c10-6(4-11)9(14)15-5-1-2-7(12)8(13)3-5/h1-3,6,11-13H,4,10H2/t6-/m0/s1. The van der Waals surface area contributed by atoms with Crippen LogP contribution in [0.4, 0.5) is 0 Å². The minimum atomic E-state index is -1.12. The zero-order valence-corrected chi connectivity index (χ0v) is 7.75. The summed E-state index contributed by atoms with van der Waals surface area (Å²) in [4.78, 5) is 11.1. The zero-order chi connectivity index (χ0) is 11.4. The number of hydrogen-bond acceptors (Lipinski definition) is 6. The van der Waals surface area contributed by atoms with Crippen LogP contribution in [0.15, 0.2) is 18.2 Å². The molecule has 82 valence electrons. The Morgan fingerprint density at radius 2 is 2.07 bits per heavy atom. The first-order chi connectivity index (χ1) is 7.04. The minimum absolute atomic E-state index is 0.0409. The number of aliphatic hydroxyl groups is 1. The molecule has 0 amide bonds. The lowest BCUT2D eigenvalue weighted by Gasteiger charge is -2.08. The number of aliphatic hydroxyl groups excluding tert-OH is 1. The number of phenolic OH excluding ortho intramolecular Hbond substituents is 2. The highest BCUT2D eigenvalue weighted by Crippen LogP contribution is 2.28. The Labute approximate surface area is 85.5 Å². The van der Waals surface area contributed by atoms with Crippen LogP contribution in [-0.2, 0) is 4.79 Å². The second-order valence-electron chi connectivity index (χ2n) is 2.86. The molecule has 1 aromatic carbocycles. The molecule has 0 radical (unpaired) electrons. The first-order valence-corrected chi connectivity index (χ1v) is 4.14. The van der Waals surface area contributed by atoms with Crippen molar-refractivity contribution < 1.29 is 24.9 Å². The van der Waals surface area contributed by atoms with Gasteiger partial charge in [0.2, 0.25) is 0 Å². The number of carbonyl (C=O) groups excluding carboxylic acids is 1. The van der Waals surface area contributed by atoms with Crippen LogP contribution >= 0.6 is 0 Å². The number of esters is 1. The first-order valence-electron chi connectivity index (χ1n) is 4.14. The fourth-order valence-electron chi connectivity index (χ4n) is 0.833. The molecule has 0 unspecified atom stereocenters. The van der Waals surface area contributed by atoms with Crippen LogP contribution in [0.25, 0.3) is 0 Å². The van der Waals surface area contributed by atoms with Gasteiger partial charge in [-0.1, -0.05) is 0 Å². The van der Waals surface area contributed by atoms with E-state index in [1.54, 1.807) is 0 Å². The van der Waals surface area contributed by atoms with E-state index in [1.807, 2.05) is 0 Å². The minimum Gasteiger partial charge on any atom is -0.504 e. The maximum absolute atomic E-state index is 11.1. The molecule has 0 aliphatic rings. The second-order valence-corrected chi connectivity index (χ2v) is 2.86. The summed E-state index contributed by atoms with van der Waals surface area (Å²) in [6.07, 6.45) is 0. The van der Waals surface area contributed by atoms with Crippen LogP contribution in [-0.4, -0.2) is 33.9 Å². The molecule has 0 aromatic heterocycles. The van der Waals surface area contributed by atoms with Crippen LogP contribution in [0.3, 0.4) is 0 Å². The van der Waals surface area contributed by atoms with E-state index in [0.717, 1.165) is 6.07 Å². The molecule has 0 saturated carbocycles. The smallest absolute Gasteiger partial charge is 0.330 e. The predicted octanol–water partition coefficient (Wildman–Crippen LogP) is -0.677. The van der Waals surface area contributed by atoms with E-state index >= 15 is 0 Å². The van der Waals surface area contributed by atoms with Crippen molar-refractivity contribution in [3.8, 4) is 17.2 Å². The lowest BCUT2D eigenvalue weighted by Crippen LogP contribution is -2.37. The molecule has 15 heavy (non-hydrogen) atoms. The Bertz CT molecular complexity index is 366. The lowest BCUT2D eigenvalue weighted by molar-refractivity contribution is -0.136. The average molecular weight is 213 g/mol. The van der Waals surface area contributed by atoms with Crippen LogP contribution in [0.1, 0.15) is 0 Å². The number of benzene rings is 1. The molecular weight excluding hydrogens is 202 g/mol. The molecule has 0 bridgehead atoms. The van der Waals surface area contributed by atoms with Crippen molar-refractivity contribution in [3.05, 3.63) is 18.2 Å². The molecule has 6 nitrogen and oxygen atoms in total. The van der Waals surface area contributed by atoms with Crippen molar-refractivity contribution >= 4 is 5.97 Å². The summed E-state index contributed by atoms with van der Waals surface area (Å²) in [5.74, 6) is -1.50. The van der Waals surface area contributed by atoms with E-state index in [9.17, 15) is 4.79 Å². The summed E-state index contributed by atoms with van der Waals surface area (Å²) < 4.78 is 4.71. The second kappa shape index (κ2) is 4.63. The molecule has 5 N–H and O–H groups in total. The van der Waals surface area contributed by atoms with Crippen molar-refractivity contribution in [2.24, 2.45) is 5.73 Å². The number of carbonyl (C=O) groups is 1. The fourth-order valence-corrected chi connectivity index (χ4v) is 0.833. The van der Waals surface area contributed by atoms with Gasteiger partial charge >= 0.3 is 5.97 Å². The van der Waals surface area contributed by atoms with Crippen molar-refractivity contribution in [1.82, 2.24) is 0 Å². The van der Waals surface area contributed by atoms with Gasteiger partial charge in [0.25, 0.3) is 0 Å². The Morgan fingerprint density at radius 3 is 2.60 bits per heavy atom. The van der Waals surface area contributed by atoms with E-state index in [-0.39, 0.29) is 11.5 Å². The third-order valence-corrected chi connectivity index (χ3v) is 1.66. The summed E-state index contributed by atoms with van der Waals surface area (Å²) in [5.41, 5.74) is 5.20. The van der Waals surface area contributed by atoms with Crippen molar-refractivity contribution in [1.29, 1.82) is 0 Å². The largest absolute Gasteiger partial charge is 0.504 e. The topological polar surface area (TPSA) is 113 Å². The molecule has 0 aliphatic heterocycles. The number of phenols is 2. The molecule has 0 fully saturated rings. The van der Waals surface area contributed by atoms with Crippen molar-refractivity contribution in [2.45, 2.75) is 6.04 Å². The number of ether oxygens (including phenoxy) is 1. The maximum Gasteiger partial charge on any atom is 0.330 e. The molecule has 1 rings (SSSR count). The maximum atomic E-state index is 11.1. The summed E-state index contributed by atoms with van der Waals surface area (Å²) >= 11 is 0. The number of aromatic hydroxyl groups is 2. The normalized spacial score (nSPS) is 12.1. The summed E-state index contributed by atoms with van der Waals surface area (Å²) in [5, 5.41) is 26.6. The van der Waals surface area contributed by atoms with Crippen LogP contribution in [0.5, 0.6) is 17.2 Å². The van der Waals surface area contributed by atoms with Gasteiger partial charge in [-0.05, 0) is 12.1 Å². The Kier molecular flexibility index (Phi) is 3.48. The van der Waals surface area contributed by atoms with E-state index in [0.29, 0.717) is 0 Å². The van der Waals surface area contributed by atoms with Gasteiger partial charge in [-0.3, -0.25) is 0 Å². The Balaban J connectivity index is 2.73. The van der Waals surface area contributed by atoms with Gasteiger partial charge in [0, 0.05) is 6.07 Å². The third-order valence-electron chi connectivity index (χ3n) is 1.66. The van der Waals surface area contributed by atoms with Gasteiger partial charge in [-0.15, -0.1) is 0 Å².